The first-order chi connectivity index (χ1) is 12.5. The number of ether oxygens (including phenoxy) is 1. The minimum Gasteiger partial charge on any atom is -0.506 e. The summed E-state index contributed by atoms with van der Waals surface area (Å²) in [7, 11) is -4.40. The van der Waals surface area contributed by atoms with Crippen molar-refractivity contribution < 1.29 is 40.6 Å². The van der Waals surface area contributed by atoms with Gasteiger partial charge in [0.15, 0.2) is 5.82 Å². The second-order valence-electron chi connectivity index (χ2n) is 5.42. The Morgan fingerprint density at radius 2 is 2.00 bits per heavy atom. The van der Waals surface area contributed by atoms with Gasteiger partial charge in [-0.25, -0.2) is 13.4 Å². The Kier molecular flexibility index (Phi) is 4.45. The van der Waals surface area contributed by atoms with E-state index in [1.807, 2.05) is 0 Å². The summed E-state index contributed by atoms with van der Waals surface area (Å²) in [5, 5.41) is 16.6. The average molecular weight is 410 g/mol. The van der Waals surface area contributed by atoms with Crippen molar-refractivity contribution in [2.75, 3.05) is 17.5 Å². The highest BCUT2D eigenvalue weighted by Gasteiger charge is 2.38. The highest BCUT2D eigenvalue weighted by Crippen LogP contribution is 2.38. The lowest BCUT2D eigenvalue weighted by Crippen LogP contribution is -2.30. The van der Waals surface area contributed by atoms with Gasteiger partial charge in [-0.3, -0.25) is 4.79 Å². The smallest absolute Gasteiger partial charge is 0.392 e. The van der Waals surface area contributed by atoms with Gasteiger partial charge in [0.25, 0.3) is 5.91 Å². The molecule has 0 aliphatic carbocycles. The predicted molar refractivity (Wildman–Crippen MR) is 81.7 cm³/mol. The minimum absolute atomic E-state index is 0.201. The summed E-state index contributed by atoms with van der Waals surface area (Å²) in [6.45, 7) is -1.54. The molecule has 1 amide bonds. The normalized spacial score (nSPS) is 16.6. The van der Waals surface area contributed by atoms with Crippen LogP contribution in [0.15, 0.2) is 12.1 Å². The van der Waals surface area contributed by atoms with Crippen LogP contribution in [0, 0.1) is 5.82 Å². The zero-order valence-electron chi connectivity index (χ0n) is 13.1. The Labute approximate surface area is 148 Å². The first-order valence-corrected chi connectivity index (χ1v) is 8.64. The molecule has 14 heteroatoms. The third kappa shape index (κ3) is 3.79. The molecule has 1 aromatic carbocycles. The molecular formula is C13H10F4N4O5S. The number of benzene rings is 1. The molecular weight excluding hydrogens is 400 g/mol. The molecule has 0 radical (unpaired) electrons. The van der Waals surface area contributed by atoms with E-state index in [9.17, 15) is 35.9 Å². The molecule has 2 aromatic rings. The van der Waals surface area contributed by atoms with Gasteiger partial charge in [-0.15, -0.1) is 10.2 Å². The second kappa shape index (κ2) is 6.37. The van der Waals surface area contributed by atoms with Gasteiger partial charge in [-0.1, -0.05) is 0 Å². The molecule has 27 heavy (non-hydrogen) atoms. The van der Waals surface area contributed by atoms with Crippen LogP contribution in [0.25, 0.3) is 10.9 Å². The SMILES string of the molecule is O=C1CN(c2c(O)cc3nnc(OCCC(F)(F)F)cc3c2F)S(=O)(=O)N1. The number of fused-ring (bicyclic) bond motifs is 1. The number of nitrogens with one attached hydrogen (secondary N) is 1. The van der Waals surface area contributed by atoms with Gasteiger partial charge in [-0.2, -0.15) is 21.6 Å². The number of nitrogens with zero attached hydrogens (tertiary/aromatic N) is 3. The number of rotatable bonds is 4. The number of carbonyl (C=O) groups is 1. The van der Waals surface area contributed by atoms with Crippen molar-refractivity contribution in [1.29, 1.82) is 0 Å². The fraction of sp³-hybridized carbons (Fsp3) is 0.308. The number of halogens is 4. The van der Waals surface area contributed by atoms with Crippen molar-refractivity contribution >= 4 is 32.7 Å². The van der Waals surface area contributed by atoms with E-state index < -0.39 is 65.0 Å². The molecule has 2 heterocycles. The van der Waals surface area contributed by atoms with E-state index in [1.54, 1.807) is 4.72 Å². The molecule has 0 spiro atoms. The lowest BCUT2D eigenvalue weighted by molar-refractivity contribution is -0.139. The number of aromatic hydroxyl groups is 1. The van der Waals surface area contributed by atoms with Crippen molar-refractivity contribution in [3.05, 3.63) is 17.9 Å². The summed E-state index contributed by atoms with van der Waals surface area (Å²) < 4.78 is 81.8. The van der Waals surface area contributed by atoms with E-state index in [0.29, 0.717) is 4.31 Å². The lowest BCUT2D eigenvalue weighted by Gasteiger charge is -2.18. The minimum atomic E-state index is -4.46. The van der Waals surface area contributed by atoms with Gasteiger partial charge in [0.2, 0.25) is 5.88 Å². The zero-order chi connectivity index (χ0) is 20.0. The van der Waals surface area contributed by atoms with Crippen LogP contribution in [-0.4, -0.2) is 49.0 Å². The van der Waals surface area contributed by atoms with Gasteiger partial charge >= 0.3 is 16.4 Å². The molecule has 1 aliphatic rings. The Morgan fingerprint density at radius 3 is 2.59 bits per heavy atom. The van der Waals surface area contributed by atoms with Crippen LogP contribution in [-0.2, 0) is 15.0 Å². The maximum atomic E-state index is 14.8. The molecule has 0 saturated carbocycles. The molecule has 1 aliphatic heterocycles. The number of hydrogen-bond acceptors (Lipinski definition) is 7. The Hall–Kier alpha value is -2.90. The van der Waals surface area contributed by atoms with Crippen LogP contribution < -0.4 is 13.8 Å². The van der Waals surface area contributed by atoms with Crippen LogP contribution in [0.2, 0.25) is 0 Å². The average Bonchev–Trinajstić information content (AvgIpc) is 2.79. The van der Waals surface area contributed by atoms with E-state index in [1.165, 1.54) is 0 Å². The van der Waals surface area contributed by atoms with Crippen molar-refractivity contribution in [2.24, 2.45) is 0 Å². The molecule has 0 unspecified atom stereocenters. The van der Waals surface area contributed by atoms with Crippen LogP contribution in [0.3, 0.4) is 0 Å². The van der Waals surface area contributed by atoms with E-state index >= 15 is 0 Å². The summed E-state index contributed by atoms with van der Waals surface area (Å²) in [6, 6.07) is 1.81. The Bertz CT molecular complexity index is 1030. The second-order valence-corrected chi connectivity index (χ2v) is 7.02. The fourth-order valence-electron chi connectivity index (χ4n) is 2.33. The summed E-state index contributed by atoms with van der Waals surface area (Å²) >= 11 is 0. The highest BCUT2D eigenvalue weighted by atomic mass is 32.2. The summed E-state index contributed by atoms with van der Waals surface area (Å²) in [6.07, 6.45) is -5.73. The maximum absolute atomic E-state index is 14.8. The van der Waals surface area contributed by atoms with E-state index in [2.05, 4.69) is 10.2 Å². The van der Waals surface area contributed by atoms with E-state index in [0.717, 1.165) is 12.1 Å². The fourth-order valence-corrected chi connectivity index (χ4v) is 3.49. The number of carbonyl (C=O) groups excluding carboxylic acids is 1. The molecule has 146 valence electrons. The molecule has 3 rings (SSSR count). The molecule has 0 atom stereocenters. The lowest BCUT2D eigenvalue weighted by atomic mass is 10.1. The van der Waals surface area contributed by atoms with E-state index in [-0.39, 0.29) is 10.9 Å². The van der Waals surface area contributed by atoms with Crippen LogP contribution in [0.1, 0.15) is 6.42 Å². The number of amides is 1. The molecule has 1 aromatic heterocycles. The van der Waals surface area contributed by atoms with E-state index in [4.69, 9.17) is 4.74 Å². The summed E-state index contributed by atoms with van der Waals surface area (Å²) in [5.41, 5.74) is -1.01. The number of anilines is 1. The zero-order valence-corrected chi connectivity index (χ0v) is 13.9. The quantitative estimate of drug-likeness (QED) is 0.721. The molecule has 1 saturated heterocycles. The maximum Gasteiger partial charge on any atom is 0.392 e. The molecule has 1 fully saturated rings. The third-order valence-electron chi connectivity index (χ3n) is 3.47. The first kappa shape index (κ1) is 18.9. The monoisotopic (exact) mass is 410 g/mol. The van der Waals surface area contributed by atoms with Crippen molar-refractivity contribution in [2.45, 2.75) is 12.6 Å². The number of alkyl halides is 3. The third-order valence-corrected chi connectivity index (χ3v) is 4.84. The highest BCUT2D eigenvalue weighted by molar-refractivity contribution is 7.92. The van der Waals surface area contributed by atoms with Gasteiger partial charge in [0.1, 0.15) is 23.5 Å². The van der Waals surface area contributed by atoms with Gasteiger partial charge < -0.3 is 9.84 Å². The summed E-state index contributed by atoms with van der Waals surface area (Å²) in [5.74, 6) is -3.44. The van der Waals surface area contributed by atoms with Gasteiger partial charge in [0.05, 0.1) is 13.0 Å². The van der Waals surface area contributed by atoms with Crippen molar-refractivity contribution in [3.63, 3.8) is 0 Å². The van der Waals surface area contributed by atoms with Crippen LogP contribution >= 0.6 is 0 Å². The Balaban J connectivity index is 2.00. The van der Waals surface area contributed by atoms with Crippen LogP contribution in [0.5, 0.6) is 11.6 Å². The topological polar surface area (TPSA) is 122 Å². The standard InChI is InChI=1S/C13H10F4N4O5S/c14-11-6-3-10(26-2-1-13(15,16)17)19-18-7(6)4-8(22)12(11)21-5-9(23)20-27(21,24)25/h3-4,22H,1-2,5H2,(H,20,23). The summed E-state index contributed by atoms with van der Waals surface area (Å²) in [4.78, 5) is 11.3. The van der Waals surface area contributed by atoms with Gasteiger partial charge in [0, 0.05) is 17.5 Å². The largest absolute Gasteiger partial charge is 0.506 e. The molecule has 0 bridgehead atoms. The number of hydrogen-bond donors (Lipinski definition) is 2. The predicted octanol–water partition coefficient (Wildman–Crippen LogP) is 0.987. The first-order valence-electron chi connectivity index (χ1n) is 7.20. The number of phenolic OH excluding ortho intramolecular Hbond substituents is 1. The Morgan fingerprint density at radius 1 is 1.30 bits per heavy atom. The van der Waals surface area contributed by atoms with Gasteiger partial charge in [-0.05, 0) is 0 Å². The number of phenols is 1. The van der Waals surface area contributed by atoms with Crippen molar-refractivity contribution in [1.82, 2.24) is 14.9 Å². The number of aromatic nitrogens is 2. The van der Waals surface area contributed by atoms with Crippen LogP contribution in [0.4, 0.5) is 23.2 Å². The molecule has 2 N–H and O–H groups in total. The van der Waals surface area contributed by atoms with Crippen molar-refractivity contribution in [3.8, 4) is 11.6 Å². The molecule has 9 nitrogen and oxygen atoms in total.